The number of thiocarbonyl (C=S) groups is 1. The first-order valence-corrected chi connectivity index (χ1v) is 13.5. The van der Waals surface area contributed by atoms with Gasteiger partial charge >= 0.3 is 0 Å². The number of amides is 2. The summed E-state index contributed by atoms with van der Waals surface area (Å²) in [4.78, 5) is 30.1. The Morgan fingerprint density at radius 3 is 2.05 bits per heavy atom. The first kappa shape index (κ1) is 27.1. The molecule has 40 heavy (non-hydrogen) atoms. The van der Waals surface area contributed by atoms with Crippen LogP contribution < -0.4 is 10.6 Å². The Morgan fingerprint density at radius 2 is 1.43 bits per heavy atom. The van der Waals surface area contributed by atoms with Gasteiger partial charge in [0.1, 0.15) is 5.76 Å². The summed E-state index contributed by atoms with van der Waals surface area (Å²) < 4.78 is 5.19. The number of benzene rings is 3. The van der Waals surface area contributed by atoms with E-state index >= 15 is 0 Å². The number of hydrogen-bond acceptors (Lipinski definition) is 5. The molecule has 3 aromatic carbocycles. The largest absolute Gasteiger partial charge is 0.465 e. The summed E-state index contributed by atoms with van der Waals surface area (Å²) in [6.07, 6.45) is 4.42. The highest BCUT2D eigenvalue weighted by Gasteiger charge is 2.29. The quantitative estimate of drug-likeness (QED) is 0.239. The van der Waals surface area contributed by atoms with E-state index in [1.807, 2.05) is 29.2 Å². The summed E-state index contributed by atoms with van der Waals surface area (Å²) in [5.41, 5.74) is 3.51. The lowest BCUT2D eigenvalue weighted by molar-refractivity contribution is -0.115. The molecule has 202 valence electrons. The highest BCUT2D eigenvalue weighted by atomic mass is 32.1. The van der Waals surface area contributed by atoms with Gasteiger partial charge in [0, 0.05) is 32.3 Å². The molecule has 0 spiro atoms. The zero-order valence-corrected chi connectivity index (χ0v) is 22.7. The third-order valence-electron chi connectivity index (χ3n) is 6.78. The van der Waals surface area contributed by atoms with Gasteiger partial charge < -0.3 is 14.6 Å². The molecule has 0 bridgehead atoms. The Labute approximate surface area is 239 Å². The lowest BCUT2D eigenvalue weighted by atomic mass is 9.96. The van der Waals surface area contributed by atoms with E-state index < -0.39 is 5.91 Å². The molecule has 8 heteroatoms. The van der Waals surface area contributed by atoms with Crippen molar-refractivity contribution in [1.29, 1.82) is 0 Å². The van der Waals surface area contributed by atoms with E-state index in [9.17, 15) is 9.59 Å². The highest BCUT2D eigenvalue weighted by Crippen LogP contribution is 2.30. The minimum Gasteiger partial charge on any atom is -0.465 e. The number of carbonyl (C=O) groups is 2. The number of nitrogens with zero attached hydrogens (tertiary/aromatic N) is 2. The zero-order valence-electron chi connectivity index (χ0n) is 21.9. The van der Waals surface area contributed by atoms with E-state index in [0.29, 0.717) is 30.1 Å². The molecule has 1 saturated heterocycles. The second-order valence-corrected chi connectivity index (χ2v) is 9.80. The number of anilines is 1. The van der Waals surface area contributed by atoms with E-state index in [4.69, 9.17) is 16.6 Å². The molecule has 1 aliphatic heterocycles. The Hall–Kier alpha value is -4.53. The van der Waals surface area contributed by atoms with E-state index in [1.54, 1.807) is 30.3 Å². The summed E-state index contributed by atoms with van der Waals surface area (Å²) in [5.74, 6) is 0.0784. The summed E-state index contributed by atoms with van der Waals surface area (Å²) in [6, 6.07) is 31.8. The molecule has 2 N–H and O–H groups in total. The number of nitrogens with one attached hydrogen (secondary N) is 2. The van der Waals surface area contributed by atoms with Gasteiger partial charge in [0.15, 0.2) is 5.11 Å². The van der Waals surface area contributed by atoms with Crippen molar-refractivity contribution in [1.82, 2.24) is 15.1 Å². The van der Waals surface area contributed by atoms with Crippen LogP contribution in [0.3, 0.4) is 0 Å². The van der Waals surface area contributed by atoms with Crippen molar-refractivity contribution in [3.05, 3.63) is 132 Å². The first-order valence-electron chi connectivity index (χ1n) is 13.1. The van der Waals surface area contributed by atoms with Crippen LogP contribution in [0.25, 0.3) is 6.08 Å². The normalized spacial score (nSPS) is 13.9. The molecule has 1 aromatic heterocycles. The predicted molar refractivity (Wildman–Crippen MR) is 161 cm³/mol. The van der Waals surface area contributed by atoms with Crippen molar-refractivity contribution in [2.45, 2.75) is 6.04 Å². The molecular formula is C32H30N4O3S. The van der Waals surface area contributed by atoms with E-state index in [2.05, 4.69) is 64.1 Å². The lowest BCUT2D eigenvalue weighted by Crippen LogP contribution is -2.50. The molecule has 0 saturated carbocycles. The Morgan fingerprint density at radius 1 is 0.800 bits per heavy atom. The monoisotopic (exact) mass is 550 g/mol. The average molecular weight is 551 g/mol. The first-order chi connectivity index (χ1) is 19.6. The smallest absolute Gasteiger partial charge is 0.256 e. The van der Waals surface area contributed by atoms with Gasteiger partial charge in [0.05, 0.1) is 23.6 Å². The maximum Gasteiger partial charge on any atom is 0.256 e. The Kier molecular flexibility index (Phi) is 8.80. The van der Waals surface area contributed by atoms with Crippen LogP contribution in [0, 0.1) is 0 Å². The zero-order chi connectivity index (χ0) is 27.7. The van der Waals surface area contributed by atoms with Crippen LogP contribution in [0.4, 0.5) is 5.69 Å². The van der Waals surface area contributed by atoms with E-state index in [1.165, 1.54) is 23.5 Å². The fourth-order valence-electron chi connectivity index (χ4n) is 4.87. The molecule has 0 aliphatic carbocycles. The average Bonchev–Trinajstić information content (AvgIpc) is 3.52. The second kappa shape index (κ2) is 13.0. The van der Waals surface area contributed by atoms with Crippen molar-refractivity contribution < 1.29 is 14.0 Å². The van der Waals surface area contributed by atoms with Crippen molar-refractivity contribution in [3.8, 4) is 0 Å². The van der Waals surface area contributed by atoms with Gasteiger partial charge in [-0.15, -0.1) is 0 Å². The van der Waals surface area contributed by atoms with Crippen molar-refractivity contribution >= 4 is 40.9 Å². The molecule has 5 rings (SSSR count). The third kappa shape index (κ3) is 6.72. The standard InChI is InChI=1S/C32H30N4O3S/c37-29(18-17-26-14-9-23-39-26)34-32(40)33-28-16-8-7-15-27(28)31(38)36-21-19-35(20-22-36)30(24-10-3-1-4-11-24)25-12-5-2-6-13-25/h1-18,23,30H,19-22H2,(H2,33,34,37,40). The molecule has 1 fully saturated rings. The predicted octanol–water partition coefficient (Wildman–Crippen LogP) is 5.35. The lowest BCUT2D eigenvalue weighted by Gasteiger charge is -2.40. The van der Waals surface area contributed by atoms with Gasteiger partial charge in [-0.3, -0.25) is 19.8 Å². The van der Waals surface area contributed by atoms with E-state index in [0.717, 1.165) is 13.1 Å². The molecule has 7 nitrogen and oxygen atoms in total. The van der Waals surface area contributed by atoms with Crippen LogP contribution in [0.1, 0.15) is 33.3 Å². The number of hydrogen-bond donors (Lipinski definition) is 2. The van der Waals surface area contributed by atoms with Crippen LogP contribution in [-0.4, -0.2) is 52.9 Å². The minimum absolute atomic E-state index is 0.0782. The molecule has 0 unspecified atom stereocenters. The molecule has 0 atom stereocenters. The number of piperazine rings is 1. The molecule has 1 aliphatic rings. The SMILES string of the molecule is O=C(C=Cc1ccco1)NC(=S)Nc1ccccc1C(=O)N1CCN(C(c2ccccc2)c2ccccc2)CC1. The van der Waals surface area contributed by atoms with Gasteiger partial charge in [0.25, 0.3) is 5.91 Å². The number of rotatable bonds is 7. The molecule has 2 heterocycles. The Balaban J connectivity index is 1.23. The Bertz CT molecular complexity index is 1430. The maximum absolute atomic E-state index is 13.6. The molecule has 0 radical (unpaired) electrons. The topological polar surface area (TPSA) is 77.8 Å². The molecule has 2 amide bonds. The van der Waals surface area contributed by atoms with Crippen molar-refractivity contribution in [2.24, 2.45) is 0 Å². The summed E-state index contributed by atoms with van der Waals surface area (Å²) in [5, 5.41) is 5.72. The van der Waals surface area contributed by atoms with Crippen LogP contribution >= 0.6 is 12.2 Å². The second-order valence-electron chi connectivity index (χ2n) is 9.39. The van der Waals surface area contributed by atoms with Crippen LogP contribution in [-0.2, 0) is 4.79 Å². The minimum atomic E-state index is -0.403. The molecule has 4 aromatic rings. The summed E-state index contributed by atoms with van der Waals surface area (Å²) in [6.45, 7) is 2.68. The highest BCUT2D eigenvalue weighted by molar-refractivity contribution is 7.80. The van der Waals surface area contributed by atoms with Gasteiger partial charge in [-0.1, -0.05) is 72.8 Å². The summed E-state index contributed by atoms with van der Waals surface area (Å²) >= 11 is 5.33. The van der Waals surface area contributed by atoms with Gasteiger partial charge in [0.2, 0.25) is 5.91 Å². The van der Waals surface area contributed by atoms with Crippen molar-refractivity contribution in [2.75, 3.05) is 31.5 Å². The van der Waals surface area contributed by atoms with Gasteiger partial charge in [-0.05, 0) is 53.7 Å². The number of furan rings is 1. The fraction of sp³-hybridized carbons (Fsp3) is 0.156. The maximum atomic E-state index is 13.6. The van der Waals surface area contributed by atoms with E-state index in [-0.39, 0.29) is 17.1 Å². The number of para-hydroxylation sites is 1. The van der Waals surface area contributed by atoms with Crippen LogP contribution in [0.2, 0.25) is 0 Å². The number of carbonyl (C=O) groups excluding carboxylic acids is 2. The van der Waals surface area contributed by atoms with Crippen LogP contribution in [0.5, 0.6) is 0 Å². The molecular weight excluding hydrogens is 520 g/mol. The van der Waals surface area contributed by atoms with Crippen LogP contribution in [0.15, 0.2) is 114 Å². The van der Waals surface area contributed by atoms with Gasteiger partial charge in [-0.25, -0.2) is 0 Å². The van der Waals surface area contributed by atoms with Crippen molar-refractivity contribution in [3.63, 3.8) is 0 Å². The fourth-order valence-corrected chi connectivity index (χ4v) is 5.08. The summed E-state index contributed by atoms with van der Waals surface area (Å²) in [7, 11) is 0. The third-order valence-corrected chi connectivity index (χ3v) is 6.99. The van der Waals surface area contributed by atoms with Gasteiger partial charge in [-0.2, -0.15) is 0 Å².